The highest BCUT2D eigenvalue weighted by Gasteiger charge is 2.16. The van der Waals surface area contributed by atoms with E-state index in [0.29, 0.717) is 5.82 Å². The van der Waals surface area contributed by atoms with Crippen LogP contribution in [0.2, 0.25) is 0 Å². The Balaban J connectivity index is 2.28. The molecule has 1 aliphatic rings. The zero-order valence-electron chi connectivity index (χ0n) is 11.3. The van der Waals surface area contributed by atoms with Crippen LogP contribution in [0.1, 0.15) is 31.2 Å². The molecule has 1 aliphatic heterocycles. The minimum Gasteiger partial charge on any atom is -0.383 e. The van der Waals surface area contributed by atoms with Crippen molar-refractivity contribution >= 4 is 11.6 Å². The Labute approximate surface area is 108 Å². The fourth-order valence-corrected chi connectivity index (χ4v) is 2.17. The quantitative estimate of drug-likeness (QED) is 0.881. The summed E-state index contributed by atoms with van der Waals surface area (Å²) in [6.45, 7) is 7.56. The van der Waals surface area contributed by atoms with E-state index in [1.807, 2.05) is 6.92 Å². The van der Waals surface area contributed by atoms with Gasteiger partial charge in [0.05, 0.1) is 6.61 Å². The Hall–Kier alpha value is -1.36. The second-order valence-electron chi connectivity index (χ2n) is 4.68. The van der Waals surface area contributed by atoms with E-state index in [2.05, 4.69) is 21.8 Å². The first kappa shape index (κ1) is 13.1. The first-order valence-electron chi connectivity index (χ1n) is 6.68. The molecule has 18 heavy (non-hydrogen) atoms. The van der Waals surface area contributed by atoms with Gasteiger partial charge in [-0.15, -0.1) is 0 Å². The molecule has 100 valence electrons. The lowest BCUT2D eigenvalue weighted by Gasteiger charge is -2.23. The van der Waals surface area contributed by atoms with Crippen LogP contribution in [0.4, 0.5) is 11.6 Å². The largest absolute Gasteiger partial charge is 0.383 e. The molecule has 0 amide bonds. The first-order chi connectivity index (χ1) is 8.72. The molecule has 2 rings (SSSR count). The van der Waals surface area contributed by atoms with Crippen molar-refractivity contribution in [3.05, 3.63) is 11.4 Å². The molecule has 5 nitrogen and oxygen atoms in total. The summed E-state index contributed by atoms with van der Waals surface area (Å²) in [5.74, 6) is 2.44. The molecule has 0 bridgehead atoms. The van der Waals surface area contributed by atoms with Crippen LogP contribution in [0.25, 0.3) is 0 Å². The molecule has 0 spiro atoms. The van der Waals surface area contributed by atoms with Crippen molar-refractivity contribution in [1.29, 1.82) is 0 Å². The second kappa shape index (κ2) is 6.00. The Morgan fingerprint density at radius 3 is 2.89 bits per heavy atom. The van der Waals surface area contributed by atoms with Crippen LogP contribution in [0, 0.1) is 6.92 Å². The Kier molecular flexibility index (Phi) is 4.36. The zero-order chi connectivity index (χ0) is 13.0. The van der Waals surface area contributed by atoms with Crippen molar-refractivity contribution in [3.8, 4) is 0 Å². The van der Waals surface area contributed by atoms with Crippen molar-refractivity contribution in [3.63, 3.8) is 0 Å². The van der Waals surface area contributed by atoms with Crippen molar-refractivity contribution in [1.82, 2.24) is 9.97 Å². The molecule has 0 aromatic carbocycles. The van der Waals surface area contributed by atoms with Gasteiger partial charge in [-0.1, -0.05) is 6.92 Å². The molecule has 5 heteroatoms. The number of rotatable bonds is 3. The smallest absolute Gasteiger partial charge is 0.137 e. The molecule has 1 fully saturated rings. The van der Waals surface area contributed by atoms with Crippen LogP contribution in [0.3, 0.4) is 0 Å². The van der Waals surface area contributed by atoms with Crippen LogP contribution < -0.4 is 10.6 Å². The average Bonchev–Trinajstić information content (AvgIpc) is 2.62. The Bertz CT molecular complexity index is 400. The number of ether oxygens (including phenoxy) is 1. The van der Waals surface area contributed by atoms with Gasteiger partial charge in [0.25, 0.3) is 0 Å². The maximum absolute atomic E-state index is 5.99. The van der Waals surface area contributed by atoms with E-state index in [4.69, 9.17) is 10.5 Å². The Morgan fingerprint density at radius 2 is 2.11 bits per heavy atom. The lowest BCUT2D eigenvalue weighted by Crippen LogP contribution is -2.28. The minimum absolute atomic E-state index is 0.605. The average molecular weight is 250 g/mol. The summed E-state index contributed by atoms with van der Waals surface area (Å²) >= 11 is 0. The summed E-state index contributed by atoms with van der Waals surface area (Å²) in [6, 6.07) is 0. The van der Waals surface area contributed by atoms with Gasteiger partial charge in [0.2, 0.25) is 0 Å². The normalized spacial score (nSPS) is 16.7. The molecule has 0 saturated carbocycles. The Morgan fingerprint density at radius 1 is 1.28 bits per heavy atom. The number of aromatic nitrogens is 2. The standard InChI is InChI=1S/C13H22N4O/c1-3-5-11-15-12(14)10(2)13(16-11)17-6-4-8-18-9-7-17/h3-9H2,1-2H3,(H2,14,15,16). The van der Waals surface area contributed by atoms with Gasteiger partial charge in [0.1, 0.15) is 17.5 Å². The molecule has 1 aromatic heterocycles. The molecule has 1 saturated heterocycles. The fourth-order valence-electron chi connectivity index (χ4n) is 2.17. The molecular weight excluding hydrogens is 228 g/mol. The van der Waals surface area contributed by atoms with Crippen LogP contribution >= 0.6 is 0 Å². The molecule has 2 heterocycles. The summed E-state index contributed by atoms with van der Waals surface area (Å²) in [5.41, 5.74) is 6.97. The second-order valence-corrected chi connectivity index (χ2v) is 4.68. The van der Waals surface area contributed by atoms with Crippen LogP contribution in [0.5, 0.6) is 0 Å². The summed E-state index contributed by atoms with van der Waals surface area (Å²) in [7, 11) is 0. The predicted molar refractivity (Wildman–Crippen MR) is 72.8 cm³/mol. The number of hydrogen-bond acceptors (Lipinski definition) is 5. The number of aryl methyl sites for hydroxylation is 1. The van der Waals surface area contributed by atoms with Gasteiger partial charge in [-0.3, -0.25) is 0 Å². The van der Waals surface area contributed by atoms with Crippen molar-refractivity contribution in [2.24, 2.45) is 0 Å². The van der Waals surface area contributed by atoms with Gasteiger partial charge >= 0.3 is 0 Å². The van der Waals surface area contributed by atoms with Crippen molar-refractivity contribution in [2.75, 3.05) is 36.9 Å². The van der Waals surface area contributed by atoms with Gasteiger partial charge in [-0.2, -0.15) is 0 Å². The lowest BCUT2D eigenvalue weighted by atomic mass is 10.2. The number of anilines is 2. The van der Waals surface area contributed by atoms with E-state index in [1.165, 1.54) is 0 Å². The maximum atomic E-state index is 5.99. The minimum atomic E-state index is 0.605. The van der Waals surface area contributed by atoms with Gasteiger partial charge in [-0.05, 0) is 19.8 Å². The van der Waals surface area contributed by atoms with Crippen molar-refractivity contribution < 1.29 is 4.74 Å². The summed E-state index contributed by atoms with van der Waals surface area (Å²) in [5, 5.41) is 0. The number of nitrogens with two attached hydrogens (primary N) is 1. The third kappa shape index (κ3) is 2.90. The SMILES string of the molecule is CCCc1nc(N)c(C)c(N2CCCOCC2)n1. The molecule has 0 unspecified atom stereocenters. The fraction of sp³-hybridized carbons (Fsp3) is 0.692. The first-order valence-corrected chi connectivity index (χ1v) is 6.68. The van der Waals surface area contributed by atoms with Crippen LogP contribution in [0.15, 0.2) is 0 Å². The highest BCUT2D eigenvalue weighted by atomic mass is 16.5. The van der Waals surface area contributed by atoms with E-state index in [-0.39, 0.29) is 0 Å². The van der Waals surface area contributed by atoms with Crippen molar-refractivity contribution in [2.45, 2.75) is 33.1 Å². The monoisotopic (exact) mass is 250 g/mol. The number of nitrogen functional groups attached to an aromatic ring is 1. The third-order valence-corrected chi connectivity index (χ3v) is 3.20. The summed E-state index contributed by atoms with van der Waals surface area (Å²) < 4.78 is 5.48. The summed E-state index contributed by atoms with van der Waals surface area (Å²) in [6.07, 6.45) is 2.94. The molecule has 0 atom stereocenters. The van der Waals surface area contributed by atoms with E-state index in [9.17, 15) is 0 Å². The van der Waals surface area contributed by atoms with E-state index in [1.54, 1.807) is 0 Å². The van der Waals surface area contributed by atoms with Gasteiger partial charge < -0.3 is 15.4 Å². The lowest BCUT2D eigenvalue weighted by molar-refractivity contribution is 0.152. The highest BCUT2D eigenvalue weighted by molar-refractivity contribution is 5.56. The van der Waals surface area contributed by atoms with Crippen LogP contribution in [-0.2, 0) is 11.2 Å². The third-order valence-electron chi connectivity index (χ3n) is 3.20. The highest BCUT2D eigenvalue weighted by Crippen LogP contribution is 2.22. The molecule has 0 aliphatic carbocycles. The molecule has 0 radical (unpaired) electrons. The van der Waals surface area contributed by atoms with E-state index < -0.39 is 0 Å². The van der Waals surface area contributed by atoms with E-state index >= 15 is 0 Å². The molecule has 2 N–H and O–H groups in total. The molecular formula is C13H22N4O. The molecule has 1 aromatic rings. The maximum Gasteiger partial charge on any atom is 0.137 e. The summed E-state index contributed by atoms with van der Waals surface area (Å²) in [4.78, 5) is 11.3. The van der Waals surface area contributed by atoms with Gasteiger partial charge in [0, 0.05) is 31.7 Å². The van der Waals surface area contributed by atoms with E-state index in [0.717, 1.165) is 62.8 Å². The topological polar surface area (TPSA) is 64.3 Å². The number of hydrogen-bond donors (Lipinski definition) is 1. The van der Waals surface area contributed by atoms with Crippen LogP contribution in [-0.4, -0.2) is 36.3 Å². The van der Waals surface area contributed by atoms with Gasteiger partial charge in [-0.25, -0.2) is 9.97 Å². The van der Waals surface area contributed by atoms with Gasteiger partial charge in [0.15, 0.2) is 0 Å². The predicted octanol–water partition coefficient (Wildman–Crippen LogP) is 1.55. The number of nitrogens with zero attached hydrogens (tertiary/aromatic N) is 3. The zero-order valence-corrected chi connectivity index (χ0v) is 11.3.